The first-order valence-corrected chi connectivity index (χ1v) is 5.98. The van der Waals surface area contributed by atoms with E-state index in [4.69, 9.17) is 0 Å². The number of rotatable bonds is 4. The summed E-state index contributed by atoms with van der Waals surface area (Å²) in [6.07, 6.45) is 0. The van der Waals surface area contributed by atoms with Crippen molar-refractivity contribution < 1.29 is 4.92 Å². The third kappa shape index (κ3) is 2.73. The van der Waals surface area contributed by atoms with Gasteiger partial charge in [-0.25, -0.2) is 0 Å². The van der Waals surface area contributed by atoms with Gasteiger partial charge in [0.1, 0.15) is 0 Å². The molecule has 2 aromatic rings. The number of aryl methyl sites for hydroxylation is 3. The number of H-pyrrole nitrogens is 1. The molecule has 0 saturated heterocycles. The average Bonchev–Trinajstić information content (AvgIpc) is 2.68. The smallest absolute Gasteiger partial charge is 0.271 e. The van der Waals surface area contributed by atoms with Crippen LogP contribution in [0.15, 0.2) is 18.2 Å². The van der Waals surface area contributed by atoms with Crippen LogP contribution in [0.3, 0.4) is 0 Å². The van der Waals surface area contributed by atoms with Gasteiger partial charge in [0.25, 0.3) is 5.69 Å². The van der Waals surface area contributed by atoms with E-state index in [1.54, 1.807) is 12.1 Å². The molecule has 0 aliphatic carbocycles. The minimum Gasteiger partial charge on any atom is -0.380 e. The Hall–Kier alpha value is -2.37. The van der Waals surface area contributed by atoms with Crippen molar-refractivity contribution in [2.24, 2.45) is 0 Å². The van der Waals surface area contributed by atoms with Gasteiger partial charge < -0.3 is 5.32 Å². The first-order valence-electron chi connectivity index (χ1n) is 5.98. The Labute approximate surface area is 111 Å². The highest BCUT2D eigenvalue weighted by molar-refractivity contribution is 5.57. The second-order valence-corrected chi connectivity index (χ2v) is 4.52. The molecule has 0 unspecified atom stereocenters. The molecule has 0 bridgehead atoms. The summed E-state index contributed by atoms with van der Waals surface area (Å²) >= 11 is 0. The topological polar surface area (TPSA) is 83.8 Å². The lowest BCUT2D eigenvalue weighted by Gasteiger charge is -2.09. The summed E-state index contributed by atoms with van der Waals surface area (Å²) < 4.78 is 0. The largest absolute Gasteiger partial charge is 0.380 e. The van der Waals surface area contributed by atoms with Crippen LogP contribution in [0, 0.1) is 30.9 Å². The first kappa shape index (κ1) is 13.1. The number of nitrogens with one attached hydrogen (secondary N) is 2. The van der Waals surface area contributed by atoms with Gasteiger partial charge in [0.15, 0.2) is 0 Å². The molecule has 0 aliphatic heterocycles. The zero-order valence-electron chi connectivity index (χ0n) is 11.2. The molecule has 0 atom stereocenters. The Morgan fingerprint density at radius 2 is 2.11 bits per heavy atom. The standard InChI is InChI=1S/C13H16N4O2/c1-8-4-5-11(17(18)19)6-13(8)14-7-12-9(2)15-16-10(12)3/h4-6,14H,7H2,1-3H3,(H,15,16). The van der Waals surface area contributed by atoms with Crippen LogP contribution in [0.5, 0.6) is 0 Å². The van der Waals surface area contributed by atoms with Gasteiger partial charge in [-0.2, -0.15) is 5.10 Å². The van der Waals surface area contributed by atoms with Gasteiger partial charge in [-0.3, -0.25) is 15.2 Å². The molecule has 6 nitrogen and oxygen atoms in total. The van der Waals surface area contributed by atoms with E-state index in [2.05, 4.69) is 15.5 Å². The summed E-state index contributed by atoms with van der Waals surface area (Å²) in [5.41, 5.74) is 4.87. The van der Waals surface area contributed by atoms with Crippen LogP contribution in [0.4, 0.5) is 11.4 Å². The summed E-state index contributed by atoms with van der Waals surface area (Å²) in [5.74, 6) is 0. The predicted octanol–water partition coefficient (Wildman–Crippen LogP) is 2.86. The van der Waals surface area contributed by atoms with Gasteiger partial charge in [0.05, 0.1) is 10.6 Å². The molecule has 1 aromatic heterocycles. The number of hydrogen-bond acceptors (Lipinski definition) is 4. The van der Waals surface area contributed by atoms with Crippen molar-refractivity contribution in [3.05, 3.63) is 50.8 Å². The predicted molar refractivity (Wildman–Crippen MR) is 73.2 cm³/mol. The maximum Gasteiger partial charge on any atom is 0.271 e. The zero-order valence-corrected chi connectivity index (χ0v) is 11.2. The zero-order chi connectivity index (χ0) is 14.0. The monoisotopic (exact) mass is 260 g/mol. The number of nitro benzene ring substituents is 1. The SMILES string of the molecule is Cc1ccc([N+](=O)[O-])cc1NCc1c(C)n[nH]c1C. The number of nitro groups is 1. The third-order valence-corrected chi connectivity index (χ3v) is 3.17. The highest BCUT2D eigenvalue weighted by Crippen LogP contribution is 2.23. The van der Waals surface area contributed by atoms with E-state index >= 15 is 0 Å². The molecule has 0 radical (unpaired) electrons. The fraction of sp³-hybridized carbons (Fsp3) is 0.308. The van der Waals surface area contributed by atoms with Crippen molar-refractivity contribution in [1.82, 2.24) is 10.2 Å². The maximum atomic E-state index is 10.8. The molecule has 0 saturated carbocycles. The molecule has 1 aromatic carbocycles. The lowest BCUT2D eigenvalue weighted by Crippen LogP contribution is -2.03. The molecular weight excluding hydrogens is 244 g/mol. The van der Waals surface area contributed by atoms with Gasteiger partial charge in [-0.15, -0.1) is 0 Å². The Morgan fingerprint density at radius 3 is 2.68 bits per heavy atom. The molecule has 0 amide bonds. The number of aromatic nitrogens is 2. The fourth-order valence-electron chi connectivity index (χ4n) is 1.93. The molecular formula is C13H16N4O2. The van der Waals surface area contributed by atoms with E-state index < -0.39 is 0 Å². The van der Waals surface area contributed by atoms with E-state index in [1.165, 1.54) is 6.07 Å². The van der Waals surface area contributed by atoms with Gasteiger partial charge in [0, 0.05) is 35.6 Å². The number of aromatic amines is 1. The van der Waals surface area contributed by atoms with E-state index in [0.717, 1.165) is 28.2 Å². The molecule has 0 spiro atoms. The van der Waals surface area contributed by atoms with Gasteiger partial charge >= 0.3 is 0 Å². The first-order chi connectivity index (χ1) is 8.99. The number of benzene rings is 1. The highest BCUT2D eigenvalue weighted by atomic mass is 16.6. The Kier molecular flexibility index (Phi) is 3.50. The van der Waals surface area contributed by atoms with Crippen LogP contribution in [0.2, 0.25) is 0 Å². The minimum absolute atomic E-state index is 0.0914. The van der Waals surface area contributed by atoms with E-state index in [1.807, 2.05) is 20.8 Å². The lowest BCUT2D eigenvalue weighted by atomic mass is 10.1. The van der Waals surface area contributed by atoms with Crippen LogP contribution in [0.25, 0.3) is 0 Å². The second kappa shape index (κ2) is 5.09. The van der Waals surface area contributed by atoms with Crippen molar-refractivity contribution in [3.8, 4) is 0 Å². The minimum atomic E-state index is -0.390. The van der Waals surface area contributed by atoms with Crippen molar-refractivity contribution in [3.63, 3.8) is 0 Å². The van der Waals surface area contributed by atoms with Crippen molar-refractivity contribution in [1.29, 1.82) is 0 Å². The molecule has 0 aliphatic rings. The lowest BCUT2D eigenvalue weighted by molar-refractivity contribution is -0.384. The summed E-state index contributed by atoms with van der Waals surface area (Å²) in [7, 11) is 0. The van der Waals surface area contributed by atoms with Crippen LogP contribution in [-0.4, -0.2) is 15.1 Å². The maximum absolute atomic E-state index is 10.8. The summed E-state index contributed by atoms with van der Waals surface area (Å²) in [5, 5.41) is 21.0. The summed E-state index contributed by atoms with van der Waals surface area (Å²) in [6.45, 7) is 6.40. The summed E-state index contributed by atoms with van der Waals surface area (Å²) in [6, 6.07) is 4.81. The number of anilines is 1. The van der Waals surface area contributed by atoms with Crippen molar-refractivity contribution in [2.45, 2.75) is 27.3 Å². The molecule has 2 N–H and O–H groups in total. The molecule has 1 heterocycles. The van der Waals surface area contributed by atoms with Crippen LogP contribution in [-0.2, 0) is 6.54 Å². The highest BCUT2D eigenvalue weighted by Gasteiger charge is 2.10. The normalized spacial score (nSPS) is 10.5. The molecule has 19 heavy (non-hydrogen) atoms. The van der Waals surface area contributed by atoms with Gasteiger partial charge in [-0.05, 0) is 26.3 Å². The van der Waals surface area contributed by atoms with Crippen LogP contribution >= 0.6 is 0 Å². The van der Waals surface area contributed by atoms with Gasteiger partial charge in [-0.1, -0.05) is 6.07 Å². The second-order valence-electron chi connectivity index (χ2n) is 4.52. The molecule has 6 heteroatoms. The number of hydrogen-bond donors (Lipinski definition) is 2. The Balaban J connectivity index is 2.20. The summed E-state index contributed by atoms with van der Waals surface area (Å²) in [4.78, 5) is 10.4. The van der Waals surface area contributed by atoms with Gasteiger partial charge in [0.2, 0.25) is 0 Å². The third-order valence-electron chi connectivity index (χ3n) is 3.17. The fourth-order valence-corrected chi connectivity index (χ4v) is 1.93. The number of non-ortho nitro benzene ring substituents is 1. The van der Waals surface area contributed by atoms with Crippen molar-refractivity contribution >= 4 is 11.4 Å². The molecule has 100 valence electrons. The average molecular weight is 260 g/mol. The number of nitrogens with zero attached hydrogens (tertiary/aromatic N) is 2. The Morgan fingerprint density at radius 1 is 1.37 bits per heavy atom. The van der Waals surface area contributed by atoms with E-state index in [0.29, 0.717) is 6.54 Å². The van der Waals surface area contributed by atoms with E-state index in [9.17, 15) is 10.1 Å². The van der Waals surface area contributed by atoms with Crippen molar-refractivity contribution in [2.75, 3.05) is 5.32 Å². The molecule has 2 rings (SSSR count). The van der Waals surface area contributed by atoms with Crippen LogP contribution < -0.4 is 5.32 Å². The Bertz CT molecular complexity index is 600. The van der Waals surface area contributed by atoms with E-state index in [-0.39, 0.29) is 10.6 Å². The quantitative estimate of drug-likeness (QED) is 0.654. The van der Waals surface area contributed by atoms with Crippen LogP contribution in [0.1, 0.15) is 22.5 Å². The molecule has 0 fully saturated rings.